The van der Waals surface area contributed by atoms with Gasteiger partial charge in [0.25, 0.3) is 5.91 Å². The lowest BCUT2D eigenvalue weighted by Crippen LogP contribution is -2.40. The van der Waals surface area contributed by atoms with Gasteiger partial charge in [0, 0.05) is 18.3 Å². The van der Waals surface area contributed by atoms with Crippen molar-refractivity contribution >= 4 is 22.4 Å². The maximum absolute atomic E-state index is 12.3. The van der Waals surface area contributed by atoms with Crippen LogP contribution in [0.5, 0.6) is 0 Å². The van der Waals surface area contributed by atoms with Crippen molar-refractivity contribution in [3.8, 4) is 0 Å². The zero-order chi connectivity index (χ0) is 14.0. The van der Waals surface area contributed by atoms with E-state index in [4.69, 9.17) is 0 Å². The van der Waals surface area contributed by atoms with Gasteiger partial charge in [-0.15, -0.1) is 0 Å². The first kappa shape index (κ1) is 13.4. The minimum Gasteiger partial charge on any atom is -0.387 e. The topological polar surface area (TPSA) is 41.1 Å². The van der Waals surface area contributed by atoms with E-state index in [1.807, 2.05) is 64.2 Å². The average Bonchev–Trinajstić information content (AvgIpc) is 2.35. The molecule has 0 bridgehead atoms. The van der Waals surface area contributed by atoms with Gasteiger partial charge in [-0.2, -0.15) is 0 Å². The number of anilines is 1. The van der Waals surface area contributed by atoms with E-state index in [9.17, 15) is 4.79 Å². The second-order valence-corrected chi connectivity index (χ2v) is 5.70. The largest absolute Gasteiger partial charge is 0.387 e. The molecular formula is C16H20N2O. The summed E-state index contributed by atoms with van der Waals surface area (Å²) in [5.74, 6) is -0.0531. The molecule has 0 aliphatic rings. The van der Waals surface area contributed by atoms with Crippen molar-refractivity contribution in [2.45, 2.75) is 26.3 Å². The van der Waals surface area contributed by atoms with E-state index in [2.05, 4.69) is 10.6 Å². The number of hydrogen-bond acceptors (Lipinski definition) is 2. The highest BCUT2D eigenvalue weighted by atomic mass is 16.1. The van der Waals surface area contributed by atoms with Crippen LogP contribution in [0, 0.1) is 0 Å². The summed E-state index contributed by atoms with van der Waals surface area (Å²) in [4.78, 5) is 12.3. The molecule has 0 aromatic heterocycles. The van der Waals surface area contributed by atoms with Crippen LogP contribution in [0.2, 0.25) is 0 Å². The normalized spacial score (nSPS) is 11.4. The van der Waals surface area contributed by atoms with Crippen LogP contribution in [0.15, 0.2) is 36.4 Å². The Morgan fingerprint density at radius 2 is 1.63 bits per heavy atom. The molecule has 2 N–H and O–H groups in total. The molecule has 0 aliphatic heterocycles. The van der Waals surface area contributed by atoms with E-state index in [1.165, 1.54) is 0 Å². The third kappa shape index (κ3) is 3.05. The van der Waals surface area contributed by atoms with E-state index in [1.54, 1.807) is 0 Å². The molecule has 3 heteroatoms. The number of nitrogens with one attached hydrogen (secondary N) is 2. The predicted molar refractivity (Wildman–Crippen MR) is 80.7 cm³/mol. The molecule has 0 saturated carbocycles. The van der Waals surface area contributed by atoms with Gasteiger partial charge >= 0.3 is 0 Å². The molecular weight excluding hydrogens is 236 g/mol. The molecule has 0 fully saturated rings. The number of amides is 1. The fourth-order valence-corrected chi connectivity index (χ4v) is 2.04. The van der Waals surface area contributed by atoms with Crippen LogP contribution in [-0.2, 0) is 0 Å². The quantitative estimate of drug-likeness (QED) is 0.864. The van der Waals surface area contributed by atoms with Crippen LogP contribution in [0.4, 0.5) is 5.69 Å². The Balaban J connectivity index is 2.49. The van der Waals surface area contributed by atoms with Crippen molar-refractivity contribution in [1.29, 1.82) is 0 Å². The zero-order valence-electron chi connectivity index (χ0n) is 11.9. The second kappa shape index (κ2) is 4.92. The summed E-state index contributed by atoms with van der Waals surface area (Å²) in [6.07, 6.45) is 0. The maximum Gasteiger partial charge on any atom is 0.253 e. The van der Waals surface area contributed by atoms with E-state index < -0.39 is 0 Å². The number of rotatable bonds is 2. The molecule has 0 atom stereocenters. The highest BCUT2D eigenvalue weighted by molar-refractivity contribution is 6.04. The average molecular weight is 256 g/mol. The molecule has 0 radical (unpaired) electrons. The van der Waals surface area contributed by atoms with Gasteiger partial charge in [-0.05, 0) is 43.7 Å². The molecule has 0 heterocycles. The molecule has 0 unspecified atom stereocenters. The van der Waals surface area contributed by atoms with Gasteiger partial charge in [0.2, 0.25) is 0 Å². The van der Waals surface area contributed by atoms with Crippen molar-refractivity contribution < 1.29 is 4.79 Å². The van der Waals surface area contributed by atoms with Gasteiger partial charge in [-0.3, -0.25) is 4.79 Å². The first-order valence-electron chi connectivity index (χ1n) is 6.44. The first-order valence-corrected chi connectivity index (χ1v) is 6.44. The fourth-order valence-electron chi connectivity index (χ4n) is 2.04. The van der Waals surface area contributed by atoms with Gasteiger partial charge in [0.1, 0.15) is 0 Å². The Kier molecular flexibility index (Phi) is 3.47. The highest BCUT2D eigenvalue weighted by Crippen LogP contribution is 2.24. The minimum atomic E-state index is -0.242. The monoisotopic (exact) mass is 256 g/mol. The second-order valence-electron chi connectivity index (χ2n) is 5.70. The first-order chi connectivity index (χ1) is 8.90. The maximum atomic E-state index is 12.3. The number of hydrogen-bond donors (Lipinski definition) is 2. The number of fused-ring (bicyclic) bond motifs is 1. The third-order valence-electron chi connectivity index (χ3n) is 2.89. The molecule has 2 aromatic carbocycles. The van der Waals surface area contributed by atoms with Crippen LogP contribution in [0.1, 0.15) is 31.1 Å². The predicted octanol–water partition coefficient (Wildman–Crippen LogP) is 3.41. The molecule has 1 amide bonds. The molecule has 2 rings (SSSR count). The summed E-state index contributed by atoms with van der Waals surface area (Å²) < 4.78 is 0. The molecule has 19 heavy (non-hydrogen) atoms. The van der Waals surface area contributed by atoms with Crippen molar-refractivity contribution in [3.63, 3.8) is 0 Å². The summed E-state index contributed by atoms with van der Waals surface area (Å²) in [6, 6.07) is 12.0. The lowest BCUT2D eigenvalue weighted by atomic mass is 10.0. The van der Waals surface area contributed by atoms with Crippen LogP contribution < -0.4 is 10.6 Å². The van der Waals surface area contributed by atoms with Crippen LogP contribution >= 0.6 is 0 Å². The SMILES string of the molecule is CNc1cc2ccccc2cc1C(=O)NC(C)(C)C. The standard InChI is InChI=1S/C16H20N2O/c1-16(2,3)18-15(19)13-9-11-7-5-6-8-12(11)10-14(13)17-4/h5-10,17H,1-4H3,(H,18,19). The third-order valence-corrected chi connectivity index (χ3v) is 2.89. The lowest BCUT2D eigenvalue weighted by Gasteiger charge is -2.21. The molecule has 0 saturated heterocycles. The summed E-state index contributed by atoms with van der Waals surface area (Å²) in [5.41, 5.74) is 1.28. The molecule has 0 spiro atoms. The summed E-state index contributed by atoms with van der Waals surface area (Å²) >= 11 is 0. The number of benzene rings is 2. The highest BCUT2D eigenvalue weighted by Gasteiger charge is 2.18. The van der Waals surface area contributed by atoms with Crippen molar-refractivity contribution in [1.82, 2.24) is 5.32 Å². The van der Waals surface area contributed by atoms with Crippen molar-refractivity contribution in [3.05, 3.63) is 42.0 Å². The number of carbonyl (C=O) groups excluding carboxylic acids is 1. The molecule has 0 aliphatic carbocycles. The van der Waals surface area contributed by atoms with Gasteiger partial charge in [-0.1, -0.05) is 24.3 Å². The Morgan fingerprint density at radius 3 is 2.16 bits per heavy atom. The van der Waals surface area contributed by atoms with Crippen molar-refractivity contribution in [2.75, 3.05) is 12.4 Å². The Labute approximate surface area is 114 Å². The summed E-state index contributed by atoms with van der Waals surface area (Å²) in [7, 11) is 1.83. The van der Waals surface area contributed by atoms with E-state index in [-0.39, 0.29) is 11.4 Å². The van der Waals surface area contributed by atoms with Gasteiger partial charge < -0.3 is 10.6 Å². The van der Waals surface area contributed by atoms with Gasteiger partial charge in [0.05, 0.1) is 5.56 Å². The molecule has 100 valence electrons. The Bertz CT molecular complexity index is 612. The molecule has 3 nitrogen and oxygen atoms in total. The molecule has 2 aromatic rings. The van der Waals surface area contributed by atoms with Gasteiger partial charge in [0.15, 0.2) is 0 Å². The van der Waals surface area contributed by atoms with Crippen LogP contribution in [0.25, 0.3) is 10.8 Å². The smallest absolute Gasteiger partial charge is 0.253 e. The Morgan fingerprint density at radius 1 is 1.05 bits per heavy atom. The summed E-state index contributed by atoms with van der Waals surface area (Å²) in [5, 5.41) is 8.28. The fraction of sp³-hybridized carbons (Fsp3) is 0.312. The van der Waals surface area contributed by atoms with Crippen LogP contribution in [-0.4, -0.2) is 18.5 Å². The van der Waals surface area contributed by atoms with E-state index in [0.717, 1.165) is 16.5 Å². The Hall–Kier alpha value is -2.03. The van der Waals surface area contributed by atoms with Crippen LogP contribution in [0.3, 0.4) is 0 Å². The number of carbonyl (C=O) groups is 1. The zero-order valence-corrected chi connectivity index (χ0v) is 11.9. The lowest BCUT2D eigenvalue weighted by molar-refractivity contribution is 0.0920. The van der Waals surface area contributed by atoms with Crippen molar-refractivity contribution in [2.24, 2.45) is 0 Å². The van der Waals surface area contributed by atoms with E-state index >= 15 is 0 Å². The van der Waals surface area contributed by atoms with E-state index in [0.29, 0.717) is 5.56 Å². The summed E-state index contributed by atoms with van der Waals surface area (Å²) in [6.45, 7) is 5.93. The van der Waals surface area contributed by atoms with Gasteiger partial charge in [-0.25, -0.2) is 0 Å². The minimum absolute atomic E-state index is 0.0531.